The summed E-state index contributed by atoms with van der Waals surface area (Å²) in [4.78, 5) is 9.98. The second kappa shape index (κ2) is 11.9. The van der Waals surface area contributed by atoms with E-state index >= 15 is 0 Å². The Balaban J connectivity index is 1.32. The summed E-state index contributed by atoms with van der Waals surface area (Å²) in [5.41, 5.74) is 9.12. The largest absolute Gasteiger partial charge is 0.489 e. The van der Waals surface area contributed by atoms with Gasteiger partial charge < -0.3 is 19.7 Å². The molecule has 3 aromatic rings. The van der Waals surface area contributed by atoms with E-state index in [0.717, 1.165) is 30.8 Å². The number of hydrogen-bond donors (Lipinski definition) is 2. The fraction of sp³-hybridized carbons (Fsp3) is 0.310. The normalized spacial score (nSPS) is 19.2. The molecule has 2 aromatic carbocycles. The summed E-state index contributed by atoms with van der Waals surface area (Å²) in [6, 6.07) is 16.7. The second-order valence-corrected chi connectivity index (χ2v) is 9.45. The molecule has 0 spiro atoms. The monoisotopic (exact) mass is 537 g/mol. The number of halogens is 3. The number of aryl methyl sites for hydroxylation is 1. The Hall–Kier alpha value is -3.89. The van der Waals surface area contributed by atoms with Crippen molar-refractivity contribution in [3.8, 4) is 5.75 Å². The minimum absolute atomic E-state index is 0.201. The number of aromatic nitrogens is 1. The third kappa shape index (κ3) is 6.58. The van der Waals surface area contributed by atoms with Gasteiger partial charge in [0.05, 0.1) is 12.3 Å². The molecular weight excluding hydrogens is 507 g/mol. The molecule has 2 atom stereocenters. The van der Waals surface area contributed by atoms with Crippen LogP contribution in [-0.2, 0) is 11.2 Å². The first kappa shape index (κ1) is 26.7. The lowest BCUT2D eigenvalue weighted by Gasteiger charge is -2.34. The Bertz CT molecular complexity index is 1340. The van der Waals surface area contributed by atoms with Crippen LogP contribution in [0.1, 0.15) is 35.4 Å². The van der Waals surface area contributed by atoms with Gasteiger partial charge in [-0.2, -0.15) is 0 Å². The molecule has 2 aliphatic rings. The third-order valence-electron chi connectivity index (χ3n) is 6.53. The molecule has 10 heteroatoms. The molecule has 0 amide bonds. The highest BCUT2D eigenvalue weighted by atomic mass is 19.3. The SMILES string of the molecule is Cc1cc(N2C(c3ccc(F)cc3)=CC(OCCc3ccc(OC4CCNC4)cc3)=NC2N)cc(C(F)F)n1. The molecule has 0 radical (unpaired) electrons. The molecule has 3 N–H and O–H groups in total. The Morgan fingerprint density at radius 2 is 1.87 bits per heavy atom. The van der Waals surface area contributed by atoms with Gasteiger partial charge in [-0.1, -0.05) is 12.1 Å². The fourth-order valence-electron chi connectivity index (χ4n) is 4.62. The highest BCUT2D eigenvalue weighted by Gasteiger charge is 2.27. The number of rotatable bonds is 8. The minimum Gasteiger partial charge on any atom is -0.489 e. The number of ether oxygens (including phenoxy) is 2. The molecule has 204 valence electrons. The predicted octanol–water partition coefficient (Wildman–Crippen LogP) is 4.97. The van der Waals surface area contributed by atoms with Crippen LogP contribution in [0.25, 0.3) is 5.70 Å². The highest BCUT2D eigenvalue weighted by Crippen LogP contribution is 2.33. The van der Waals surface area contributed by atoms with Gasteiger partial charge in [0.2, 0.25) is 5.90 Å². The molecule has 0 bridgehead atoms. The van der Waals surface area contributed by atoms with Gasteiger partial charge in [-0.15, -0.1) is 0 Å². The Morgan fingerprint density at radius 1 is 1.10 bits per heavy atom. The van der Waals surface area contributed by atoms with Crippen molar-refractivity contribution in [2.75, 3.05) is 24.6 Å². The van der Waals surface area contributed by atoms with Crippen molar-refractivity contribution >= 4 is 17.3 Å². The summed E-state index contributed by atoms with van der Waals surface area (Å²) in [5, 5.41) is 3.28. The molecule has 2 aliphatic heterocycles. The zero-order valence-electron chi connectivity index (χ0n) is 21.5. The van der Waals surface area contributed by atoms with E-state index in [1.807, 2.05) is 24.3 Å². The summed E-state index contributed by atoms with van der Waals surface area (Å²) in [7, 11) is 0. The zero-order valence-corrected chi connectivity index (χ0v) is 21.5. The number of anilines is 1. The molecule has 0 saturated carbocycles. The quantitative estimate of drug-likeness (QED) is 0.422. The van der Waals surface area contributed by atoms with E-state index in [9.17, 15) is 13.2 Å². The van der Waals surface area contributed by atoms with E-state index in [-0.39, 0.29) is 11.8 Å². The van der Waals surface area contributed by atoms with Crippen molar-refractivity contribution in [2.24, 2.45) is 10.7 Å². The van der Waals surface area contributed by atoms with Gasteiger partial charge >= 0.3 is 0 Å². The minimum atomic E-state index is -2.74. The maximum atomic E-state index is 13.7. The second-order valence-electron chi connectivity index (χ2n) is 9.45. The average Bonchev–Trinajstić information content (AvgIpc) is 3.42. The Labute approximate surface area is 225 Å². The van der Waals surface area contributed by atoms with Crippen molar-refractivity contribution in [3.05, 3.63) is 95.1 Å². The first-order chi connectivity index (χ1) is 18.9. The van der Waals surface area contributed by atoms with Gasteiger partial charge in [0.25, 0.3) is 6.43 Å². The molecule has 7 nitrogen and oxygen atoms in total. The molecule has 1 saturated heterocycles. The lowest BCUT2D eigenvalue weighted by Crippen LogP contribution is -2.43. The van der Waals surface area contributed by atoms with Crippen molar-refractivity contribution in [2.45, 2.75) is 38.6 Å². The number of nitrogens with two attached hydrogens (primary N) is 1. The summed E-state index contributed by atoms with van der Waals surface area (Å²) in [6.07, 6.45) is -0.193. The van der Waals surface area contributed by atoms with Crippen LogP contribution in [0.3, 0.4) is 0 Å². The van der Waals surface area contributed by atoms with E-state index in [1.54, 1.807) is 36.1 Å². The smallest absolute Gasteiger partial charge is 0.280 e. The van der Waals surface area contributed by atoms with Gasteiger partial charge in [0.15, 0.2) is 6.29 Å². The van der Waals surface area contributed by atoms with Gasteiger partial charge in [-0.05, 0) is 79.5 Å². The van der Waals surface area contributed by atoms with Crippen LogP contribution in [0.15, 0.2) is 71.7 Å². The van der Waals surface area contributed by atoms with E-state index in [1.165, 1.54) is 18.2 Å². The summed E-state index contributed by atoms with van der Waals surface area (Å²) in [6.45, 7) is 3.81. The number of nitrogens with zero attached hydrogens (tertiary/aromatic N) is 3. The lowest BCUT2D eigenvalue weighted by molar-refractivity contribution is 0.146. The molecule has 1 fully saturated rings. The third-order valence-corrected chi connectivity index (χ3v) is 6.53. The lowest BCUT2D eigenvalue weighted by atomic mass is 10.1. The van der Waals surface area contributed by atoms with Crippen LogP contribution in [-0.4, -0.2) is 43.0 Å². The van der Waals surface area contributed by atoms with E-state index in [0.29, 0.717) is 41.6 Å². The summed E-state index contributed by atoms with van der Waals surface area (Å²) in [5.74, 6) is 0.739. The number of hydrogen-bond acceptors (Lipinski definition) is 7. The van der Waals surface area contributed by atoms with Gasteiger partial charge in [-0.25, -0.2) is 18.2 Å². The Kier molecular flexibility index (Phi) is 8.13. The molecule has 0 aliphatic carbocycles. The van der Waals surface area contributed by atoms with Gasteiger partial charge in [0.1, 0.15) is 23.4 Å². The van der Waals surface area contributed by atoms with Crippen molar-refractivity contribution < 1.29 is 22.6 Å². The maximum Gasteiger partial charge on any atom is 0.280 e. The van der Waals surface area contributed by atoms with E-state index < -0.39 is 18.5 Å². The first-order valence-electron chi connectivity index (χ1n) is 12.8. The van der Waals surface area contributed by atoms with Crippen molar-refractivity contribution in [3.63, 3.8) is 0 Å². The van der Waals surface area contributed by atoms with Gasteiger partial charge in [-0.3, -0.25) is 10.7 Å². The molecule has 3 heterocycles. The van der Waals surface area contributed by atoms with Crippen LogP contribution >= 0.6 is 0 Å². The average molecular weight is 538 g/mol. The number of benzene rings is 2. The number of nitrogens with one attached hydrogen (secondary N) is 1. The highest BCUT2D eigenvalue weighted by molar-refractivity contribution is 6.00. The standard InChI is InChI=1S/C29H30F3N5O2/c1-18-14-22(15-25(35-18)28(31)32)37-26(20-4-6-21(30)7-5-20)16-27(36-29(37)33)38-13-11-19-2-8-23(9-3-19)39-24-10-12-34-17-24/h2-9,14-16,24,28-29,34H,10-13,17,33H2,1H3. The van der Waals surface area contributed by atoms with Crippen LogP contribution in [0, 0.1) is 12.7 Å². The van der Waals surface area contributed by atoms with Crippen LogP contribution in [0.2, 0.25) is 0 Å². The van der Waals surface area contributed by atoms with Crippen LogP contribution in [0.5, 0.6) is 5.75 Å². The Morgan fingerprint density at radius 3 is 2.56 bits per heavy atom. The van der Waals surface area contributed by atoms with Crippen LogP contribution in [0.4, 0.5) is 18.9 Å². The van der Waals surface area contributed by atoms with E-state index in [4.69, 9.17) is 15.2 Å². The number of pyridine rings is 1. The summed E-state index contributed by atoms with van der Waals surface area (Å²) < 4.78 is 52.6. The van der Waals surface area contributed by atoms with Crippen molar-refractivity contribution in [1.82, 2.24) is 10.3 Å². The van der Waals surface area contributed by atoms with E-state index in [2.05, 4.69) is 15.3 Å². The molecule has 1 aromatic heterocycles. The predicted molar refractivity (Wildman–Crippen MR) is 144 cm³/mol. The molecule has 39 heavy (non-hydrogen) atoms. The first-order valence-corrected chi connectivity index (χ1v) is 12.8. The zero-order chi connectivity index (χ0) is 27.4. The van der Waals surface area contributed by atoms with Gasteiger partial charge in [0, 0.05) is 30.4 Å². The number of aliphatic imine (C=N–C) groups is 1. The topological polar surface area (TPSA) is 85.0 Å². The molecular formula is C29H30F3N5O2. The van der Waals surface area contributed by atoms with Crippen molar-refractivity contribution in [1.29, 1.82) is 0 Å². The maximum absolute atomic E-state index is 13.7. The molecule has 5 rings (SSSR count). The number of alkyl halides is 2. The fourth-order valence-corrected chi connectivity index (χ4v) is 4.62. The van der Waals surface area contributed by atoms with Crippen LogP contribution < -0.4 is 20.7 Å². The summed E-state index contributed by atoms with van der Waals surface area (Å²) >= 11 is 0. The molecule has 2 unspecified atom stereocenters.